The normalized spacial score (nSPS) is 11.1. The van der Waals surface area contributed by atoms with Crippen LogP contribution in [0.3, 0.4) is 0 Å². The number of hydrogen-bond donors (Lipinski definition) is 0. The third kappa shape index (κ3) is 3.90. The van der Waals surface area contributed by atoms with Crippen LogP contribution in [0.15, 0.2) is 88.1 Å². The zero-order valence-corrected chi connectivity index (χ0v) is 16.7. The molecule has 0 aliphatic carbocycles. The lowest BCUT2D eigenvalue weighted by Gasteiger charge is -2.09. The summed E-state index contributed by atoms with van der Waals surface area (Å²) < 4.78 is 17.8. The molecule has 0 unspecified atom stereocenters. The van der Waals surface area contributed by atoms with E-state index in [-0.39, 0.29) is 5.63 Å². The van der Waals surface area contributed by atoms with Crippen molar-refractivity contribution < 1.29 is 13.9 Å². The van der Waals surface area contributed by atoms with E-state index >= 15 is 0 Å². The van der Waals surface area contributed by atoms with Gasteiger partial charge in [-0.15, -0.1) is 11.3 Å². The van der Waals surface area contributed by atoms with Crippen LogP contribution in [0.4, 0.5) is 0 Å². The standard InChI is InChI=1S/C24H17NO4S/c26-23-12-8-16-5-11-19(15-21(16)29-23)28-14-13-27-18-9-6-17(7-10-18)24-25-20-3-1-2-4-22(20)30-24/h1-12,15H,13-14H2. The smallest absolute Gasteiger partial charge is 0.336 e. The molecule has 2 aromatic heterocycles. The second kappa shape index (κ2) is 8.00. The summed E-state index contributed by atoms with van der Waals surface area (Å²) in [4.78, 5) is 16.0. The van der Waals surface area contributed by atoms with Crippen molar-refractivity contribution in [3.63, 3.8) is 0 Å². The van der Waals surface area contributed by atoms with E-state index in [1.165, 1.54) is 10.8 Å². The summed E-state index contributed by atoms with van der Waals surface area (Å²) in [6.45, 7) is 0.777. The van der Waals surface area contributed by atoms with Gasteiger partial charge in [-0.2, -0.15) is 0 Å². The van der Waals surface area contributed by atoms with Crippen LogP contribution in [-0.2, 0) is 0 Å². The van der Waals surface area contributed by atoms with Crippen LogP contribution in [0.25, 0.3) is 31.8 Å². The van der Waals surface area contributed by atoms with Crippen LogP contribution in [0.5, 0.6) is 11.5 Å². The topological polar surface area (TPSA) is 61.6 Å². The van der Waals surface area contributed by atoms with Crippen LogP contribution in [0.1, 0.15) is 0 Å². The highest BCUT2D eigenvalue weighted by molar-refractivity contribution is 7.21. The van der Waals surface area contributed by atoms with Crippen molar-refractivity contribution in [1.82, 2.24) is 4.98 Å². The summed E-state index contributed by atoms with van der Waals surface area (Å²) in [5, 5.41) is 1.85. The van der Waals surface area contributed by atoms with E-state index in [9.17, 15) is 4.79 Å². The van der Waals surface area contributed by atoms with Crippen LogP contribution < -0.4 is 15.1 Å². The van der Waals surface area contributed by atoms with Gasteiger partial charge in [0.15, 0.2) is 0 Å². The zero-order chi connectivity index (χ0) is 20.3. The molecule has 0 radical (unpaired) electrons. The summed E-state index contributed by atoms with van der Waals surface area (Å²) in [5.41, 5.74) is 2.21. The molecule has 5 nitrogen and oxygen atoms in total. The van der Waals surface area contributed by atoms with Gasteiger partial charge in [-0.3, -0.25) is 0 Å². The molecule has 0 N–H and O–H groups in total. The van der Waals surface area contributed by atoms with E-state index in [0.29, 0.717) is 24.5 Å². The molecule has 0 aliphatic heterocycles. The molecule has 3 aromatic carbocycles. The zero-order valence-electron chi connectivity index (χ0n) is 15.9. The Bertz CT molecular complexity index is 1340. The Hall–Kier alpha value is -3.64. The molecule has 0 atom stereocenters. The minimum absolute atomic E-state index is 0.377. The molecule has 2 heterocycles. The Morgan fingerprint density at radius 3 is 2.40 bits per heavy atom. The molecule has 5 aromatic rings. The monoisotopic (exact) mass is 415 g/mol. The van der Waals surface area contributed by atoms with E-state index in [4.69, 9.17) is 13.9 Å². The first-order chi connectivity index (χ1) is 14.7. The Kier molecular flexibility index (Phi) is 4.91. The Labute approximate surface area is 176 Å². The molecule has 6 heteroatoms. The van der Waals surface area contributed by atoms with Crippen molar-refractivity contribution >= 4 is 32.5 Å². The van der Waals surface area contributed by atoms with E-state index in [1.54, 1.807) is 23.5 Å². The number of hydrogen-bond acceptors (Lipinski definition) is 6. The highest BCUT2D eigenvalue weighted by Gasteiger charge is 2.06. The largest absolute Gasteiger partial charge is 0.490 e. The van der Waals surface area contributed by atoms with E-state index < -0.39 is 0 Å². The predicted molar refractivity (Wildman–Crippen MR) is 119 cm³/mol. The van der Waals surface area contributed by atoms with Gasteiger partial charge in [-0.05, 0) is 54.6 Å². The molecule has 0 saturated carbocycles. The summed E-state index contributed by atoms with van der Waals surface area (Å²) in [6, 6.07) is 24.6. The number of benzene rings is 3. The van der Waals surface area contributed by atoms with Gasteiger partial charge in [0.2, 0.25) is 0 Å². The number of aromatic nitrogens is 1. The van der Waals surface area contributed by atoms with Gasteiger partial charge in [0, 0.05) is 23.1 Å². The summed E-state index contributed by atoms with van der Waals surface area (Å²) in [6.07, 6.45) is 0. The molecule has 0 spiro atoms. The summed E-state index contributed by atoms with van der Waals surface area (Å²) in [5.74, 6) is 1.40. The number of ether oxygens (including phenoxy) is 2. The molecular formula is C24H17NO4S. The molecule has 0 saturated heterocycles. The molecule has 148 valence electrons. The van der Waals surface area contributed by atoms with E-state index in [0.717, 1.165) is 27.2 Å². The van der Waals surface area contributed by atoms with Crippen molar-refractivity contribution in [2.75, 3.05) is 13.2 Å². The molecule has 30 heavy (non-hydrogen) atoms. The second-order valence-corrected chi connectivity index (χ2v) is 7.69. The van der Waals surface area contributed by atoms with Crippen molar-refractivity contribution in [2.24, 2.45) is 0 Å². The Morgan fingerprint density at radius 2 is 1.57 bits per heavy atom. The number of rotatable bonds is 6. The molecule has 0 amide bonds. The molecule has 5 rings (SSSR count). The predicted octanol–water partition coefficient (Wildman–Crippen LogP) is 5.53. The first kappa shape index (κ1) is 18.4. The summed E-state index contributed by atoms with van der Waals surface area (Å²) in [7, 11) is 0. The summed E-state index contributed by atoms with van der Waals surface area (Å²) >= 11 is 1.68. The number of nitrogens with zero attached hydrogens (tertiary/aromatic N) is 1. The fraction of sp³-hybridized carbons (Fsp3) is 0.0833. The first-order valence-corrected chi connectivity index (χ1v) is 10.3. The quantitative estimate of drug-likeness (QED) is 0.270. The van der Waals surface area contributed by atoms with Gasteiger partial charge < -0.3 is 13.9 Å². The van der Waals surface area contributed by atoms with Gasteiger partial charge >= 0.3 is 5.63 Å². The van der Waals surface area contributed by atoms with Gasteiger partial charge in [-0.1, -0.05) is 12.1 Å². The molecule has 0 aliphatic rings. The Balaban J connectivity index is 1.18. The first-order valence-electron chi connectivity index (χ1n) is 9.50. The minimum Gasteiger partial charge on any atom is -0.490 e. The fourth-order valence-electron chi connectivity index (χ4n) is 3.14. The molecular weight excluding hydrogens is 398 g/mol. The lowest BCUT2D eigenvalue weighted by atomic mass is 10.2. The van der Waals surface area contributed by atoms with Gasteiger partial charge in [-0.25, -0.2) is 9.78 Å². The number of thiazole rings is 1. The van der Waals surface area contributed by atoms with E-state index in [2.05, 4.69) is 11.1 Å². The molecule has 0 fully saturated rings. The van der Waals surface area contributed by atoms with Crippen molar-refractivity contribution in [3.05, 3.63) is 89.3 Å². The average Bonchev–Trinajstić information content (AvgIpc) is 3.21. The fourth-order valence-corrected chi connectivity index (χ4v) is 4.11. The van der Waals surface area contributed by atoms with Gasteiger partial charge in [0.05, 0.1) is 10.2 Å². The second-order valence-electron chi connectivity index (χ2n) is 6.66. The van der Waals surface area contributed by atoms with Crippen LogP contribution in [0, 0.1) is 0 Å². The third-order valence-electron chi connectivity index (χ3n) is 4.61. The van der Waals surface area contributed by atoms with Crippen molar-refractivity contribution in [1.29, 1.82) is 0 Å². The van der Waals surface area contributed by atoms with Crippen molar-refractivity contribution in [3.8, 4) is 22.1 Å². The highest BCUT2D eigenvalue weighted by atomic mass is 32.1. The van der Waals surface area contributed by atoms with Crippen molar-refractivity contribution in [2.45, 2.75) is 0 Å². The lowest BCUT2D eigenvalue weighted by molar-refractivity contribution is 0.217. The van der Waals surface area contributed by atoms with E-state index in [1.807, 2.05) is 54.6 Å². The van der Waals surface area contributed by atoms with Crippen LogP contribution >= 0.6 is 11.3 Å². The SMILES string of the molecule is O=c1ccc2ccc(OCCOc3ccc(-c4nc5ccccc5s4)cc3)cc2o1. The third-order valence-corrected chi connectivity index (χ3v) is 5.70. The number of fused-ring (bicyclic) bond motifs is 2. The Morgan fingerprint density at radius 1 is 0.833 bits per heavy atom. The lowest BCUT2D eigenvalue weighted by Crippen LogP contribution is -2.09. The van der Waals surface area contributed by atoms with Gasteiger partial charge in [0.25, 0.3) is 0 Å². The highest BCUT2D eigenvalue weighted by Crippen LogP contribution is 2.30. The maximum Gasteiger partial charge on any atom is 0.336 e. The average molecular weight is 415 g/mol. The number of para-hydroxylation sites is 1. The van der Waals surface area contributed by atoms with Gasteiger partial charge in [0.1, 0.15) is 35.3 Å². The maximum atomic E-state index is 11.3. The maximum absolute atomic E-state index is 11.3. The van der Waals surface area contributed by atoms with Crippen LogP contribution in [-0.4, -0.2) is 18.2 Å². The molecule has 0 bridgehead atoms. The van der Waals surface area contributed by atoms with Crippen LogP contribution in [0.2, 0.25) is 0 Å². The minimum atomic E-state index is -0.378.